The van der Waals surface area contributed by atoms with Gasteiger partial charge in [-0.25, -0.2) is 0 Å². The Morgan fingerprint density at radius 3 is 1.71 bits per heavy atom. The largest absolute Gasteiger partial charge is 0.456 e. The second-order valence-corrected chi connectivity index (χ2v) is 20.3. The van der Waals surface area contributed by atoms with Gasteiger partial charge in [-0.05, 0) is 33.0 Å². The third-order valence-corrected chi connectivity index (χ3v) is 15.5. The van der Waals surface area contributed by atoms with Gasteiger partial charge in [-0.3, -0.25) is 4.79 Å². The van der Waals surface area contributed by atoms with Crippen LogP contribution in [0, 0.1) is 5.92 Å². The molecule has 7 nitrogen and oxygen atoms in total. The minimum Gasteiger partial charge on any atom is -0.456 e. The monoisotopic (exact) mass is 766 g/mol. The van der Waals surface area contributed by atoms with E-state index in [-0.39, 0.29) is 11.6 Å². The van der Waals surface area contributed by atoms with E-state index >= 15 is 0 Å². The fourth-order valence-electron chi connectivity index (χ4n) is 7.54. The fraction of sp³-hybridized carbons (Fsp3) is 0.468. The van der Waals surface area contributed by atoms with Crippen molar-refractivity contribution in [1.82, 2.24) is 0 Å². The molecule has 1 fully saturated rings. The highest BCUT2D eigenvalue weighted by molar-refractivity contribution is 6.99. The van der Waals surface area contributed by atoms with Crippen LogP contribution in [0.4, 0.5) is 0 Å². The lowest BCUT2D eigenvalue weighted by Crippen LogP contribution is -2.68. The molecule has 0 radical (unpaired) electrons. The topological polar surface area (TPSA) is 83.5 Å². The molecule has 0 aromatic heterocycles. The number of hydrogen-bond acceptors (Lipinski definition) is 7. The molecule has 0 amide bonds. The molecule has 4 aromatic rings. The summed E-state index contributed by atoms with van der Waals surface area (Å²) in [5.41, 5.74) is 1.84. The number of hydrogen-bond donors (Lipinski definition) is 1. The summed E-state index contributed by atoms with van der Waals surface area (Å²) in [6.07, 6.45) is 0.923. The van der Waals surface area contributed by atoms with Gasteiger partial charge in [-0.1, -0.05) is 195 Å². The van der Waals surface area contributed by atoms with Crippen molar-refractivity contribution in [3.63, 3.8) is 0 Å². The highest BCUT2D eigenvalue weighted by atomic mass is 28.4. The molecule has 0 spiro atoms. The van der Waals surface area contributed by atoms with Crippen molar-refractivity contribution in [3.8, 4) is 0 Å². The molecular weight excluding hydrogens is 705 g/mol. The van der Waals surface area contributed by atoms with Gasteiger partial charge < -0.3 is 28.5 Å². The molecule has 55 heavy (non-hydrogen) atoms. The lowest BCUT2D eigenvalue weighted by molar-refractivity contribution is -0.316. The molecule has 1 aliphatic heterocycles. The third kappa shape index (κ3) is 10.8. The van der Waals surface area contributed by atoms with E-state index in [0.29, 0.717) is 6.61 Å². The summed E-state index contributed by atoms with van der Waals surface area (Å²) in [5, 5.41) is 14.4. The van der Waals surface area contributed by atoms with Crippen molar-refractivity contribution >= 4 is 24.7 Å². The van der Waals surface area contributed by atoms with Gasteiger partial charge in [0.15, 0.2) is 12.4 Å². The number of ether oxygens (including phenoxy) is 4. The first-order valence-electron chi connectivity index (χ1n) is 20.2. The predicted molar refractivity (Wildman–Crippen MR) is 222 cm³/mol. The number of aliphatic hydroxyl groups is 1. The smallest absolute Gasteiger partial charge is 0.308 e. The Hall–Kier alpha value is -3.63. The molecule has 5 atom stereocenters. The van der Waals surface area contributed by atoms with Gasteiger partial charge in [0.1, 0.15) is 24.4 Å². The normalized spacial score (nSPS) is 20.5. The average molecular weight is 767 g/mol. The van der Waals surface area contributed by atoms with Crippen LogP contribution in [0.2, 0.25) is 5.04 Å². The molecule has 1 aliphatic rings. The first-order chi connectivity index (χ1) is 26.6. The van der Waals surface area contributed by atoms with E-state index in [9.17, 15) is 9.90 Å². The molecule has 1 saturated heterocycles. The van der Waals surface area contributed by atoms with Crippen molar-refractivity contribution in [2.45, 2.75) is 122 Å². The summed E-state index contributed by atoms with van der Waals surface area (Å²) in [6, 6.07) is 40.7. The van der Waals surface area contributed by atoms with Crippen molar-refractivity contribution < 1.29 is 33.3 Å². The van der Waals surface area contributed by atoms with Gasteiger partial charge in [0.2, 0.25) is 0 Å². The maximum atomic E-state index is 13.4. The van der Waals surface area contributed by atoms with E-state index in [2.05, 4.69) is 52.0 Å². The minimum atomic E-state index is -3.02. The van der Waals surface area contributed by atoms with E-state index in [1.54, 1.807) is 13.8 Å². The molecule has 5 rings (SSSR count). The zero-order valence-corrected chi connectivity index (χ0v) is 34.6. The average Bonchev–Trinajstić information content (AvgIpc) is 3.19. The second kappa shape index (κ2) is 20.5. The molecule has 296 valence electrons. The standard InChI is InChI=1S/C47H62O7Si/c1-7-8-9-10-11-24-33-50-46-44(53-42(36-25-16-12-17-26-36)37-27-18-13-19-28-37)41(48)43(54-45(49)35(2)3)40(52-46)34-51-55(47(4,5)6,38-29-20-14-21-30-38)39-31-22-15-23-32-39/h12-23,25-32,35,40-44,46,48H,7-11,24,33-34H2,1-6H3/t40-,41+,43-,44-,46-/m1/s1. The number of esters is 1. The highest BCUT2D eigenvalue weighted by Crippen LogP contribution is 2.39. The maximum Gasteiger partial charge on any atom is 0.308 e. The Bertz CT molecular complexity index is 1600. The Morgan fingerprint density at radius 1 is 0.727 bits per heavy atom. The molecule has 8 heteroatoms. The Kier molecular flexibility index (Phi) is 15.8. The maximum absolute atomic E-state index is 13.4. The molecular formula is C47H62O7Si. The summed E-state index contributed by atoms with van der Waals surface area (Å²) in [7, 11) is -3.02. The van der Waals surface area contributed by atoms with Crippen LogP contribution >= 0.6 is 0 Å². The van der Waals surface area contributed by atoms with Gasteiger partial charge in [-0.2, -0.15) is 0 Å². The van der Waals surface area contributed by atoms with E-state index in [1.165, 1.54) is 19.3 Å². The SMILES string of the molecule is CCCCCCCCO[C@@H]1O[C@H](CO[Si](c2ccccc2)(c2ccccc2)C(C)(C)C)[C@@H](OC(=O)C(C)C)[C@H](O)[C@H]1OC(c1ccccc1)c1ccccc1. The second-order valence-electron chi connectivity index (χ2n) is 16.0. The first-order valence-corrected chi connectivity index (χ1v) is 22.1. The van der Waals surface area contributed by atoms with Crippen LogP contribution < -0.4 is 10.4 Å². The third-order valence-electron chi connectivity index (χ3n) is 10.5. The summed E-state index contributed by atoms with van der Waals surface area (Å²) >= 11 is 0. The van der Waals surface area contributed by atoms with Crippen molar-refractivity contribution in [2.24, 2.45) is 5.92 Å². The minimum absolute atomic E-state index is 0.0603. The summed E-state index contributed by atoms with van der Waals surface area (Å²) in [6.45, 7) is 12.9. The lowest BCUT2D eigenvalue weighted by Gasteiger charge is -2.47. The summed E-state index contributed by atoms with van der Waals surface area (Å²) in [5.74, 6) is -0.858. The number of carbonyl (C=O) groups is 1. The quantitative estimate of drug-likeness (QED) is 0.0581. The van der Waals surface area contributed by atoms with Crippen molar-refractivity contribution in [2.75, 3.05) is 13.2 Å². The van der Waals surface area contributed by atoms with E-state index in [4.69, 9.17) is 23.4 Å². The van der Waals surface area contributed by atoms with Crippen LogP contribution in [0.25, 0.3) is 0 Å². The van der Waals surface area contributed by atoms with Gasteiger partial charge >= 0.3 is 5.97 Å². The molecule has 1 heterocycles. The van der Waals surface area contributed by atoms with Crippen LogP contribution in [0.15, 0.2) is 121 Å². The molecule has 4 aromatic carbocycles. The predicted octanol–water partition coefficient (Wildman–Crippen LogP) is 8.77. The van der Waals surface area contributed by atoms with Crippen LogP contribution in [-0.4, -0.2) is 63.3 Å². The Balaban J connectivity index is 1.52. The Morgan fingerprint density at radius 2 is 1.22 bits per heavy atom. The van der Waals surface area contributed by atoms with Crippen LogP contribution in [0.3, 0.4) is 0 Å². The highest BCUT2D eigenvalue weighted by Gasteiger charge is 2.54. The number of carbonyl (C=O) groups excluding carboxylic acids is 1. The van der Waals surface area contributed by atoms with E-state index < -0.39 is 57.0 Å². The van der Waals surface area contributed by atoms with Gasteiger partial charge in [0, 0.05) is 6.61 Å². The van der Waals surface area contributed by atoms with Gasteiger partial charge in [0.05, 0.1) is 12.5 Å². The van der Waals surface area contributed by atoms with Crippen LogP contribution in [0.1, 0.15) is 97.3 Å². The number of rotatable bonds is 19. The molecule has 0 unspecified atom stereocenters. The molecule has 0 aliphatic carbocycles. The number of unbranched alkanes of at least 4 members (excludes halogenated alkanes) is 5. The zero-order chi connectivity index (χ0) is 39.3. The van der Waals surface area contributed by atoms with Gasteiger partial charge in [-0.15, -0.1) is 0 Å². The zero-order valence-electron chi connectivity index (χ0n) is 33.6. The molecule has 0 bridgehead atoms. The van der Waals surface area contributed by atoms with Crippen LogP contribution in [-0.2, 0) is 28.2 Å². The summed E-state index contributed by atoms with van der Waals surface area (Å²) in [4.78, 5) is 13.4. The van der Waals surface area contributed by atoms with Gasteiger partial charge in [0.25, 0.3) is 8.32 Å². The lowest BCUT2D eigenvalue weighted by atomic mass is 9.96. The first kappa shape index (κ1) is 42.5. The van der Waals surface area contributed by atoms with Crippen LogP contribution in [0.5, 0.6) is 0 Å². The Labute approximate surface area is 330 Å². The summed E-state index contributed by atoms with van der Waals surface area (Å²) < 4.78 is 33.9. The fourth-order valence-corrected chi connectivity index (χ4v) is 12.1. The van der Waals surface area contributed by atoms with E-state index in [0.717, 1.165) is 40.8 Å². The molecule has 0 saturated carbocycles. The van der Waals surface area contributed by atoms with Crippen molar-refractivity contribution in [3.05, 3.63) is 132 Å². The van der Waals surface area contributed by atoms with Crippen molar-refractivity contribution in [1.29, 1.82) is 0 Å². The molecule has 1 N–H and O–H groups in total. The number of aliphatic hydroxyl groups excluding tert-OH is 1. The van der Waals surface area contributed by atoms with E-state index in [1.807, 2.05) is 97.1 Å². The number of benzene rings is 4.